The fraction of sp³-hybridized carbons (Fsp3) is 0.0526. The molecular weight excluding hydrogens is 403 g/mol. The lowest BCUT2D eigenvalue weighted by atomic mass is 10.1. The number of aromatic nitrogens is 4. The molecule has 0 radical (unpaired) electrons. The van der Waals surface area contributed by atoms with Gasteiger partial charge in [-0.1, -0.05) is 0 Å². The van der Waals surface area contributed by atoms with Gasteiger partial charge in [-0.25, -0.2) is 27.8 Å². The van der Waals surface area contributed by atoms with Gasteiger partial charge in [0.05, 0.1) is 5.69 Å². The van der Waals surface area contributed by atoms with Gasteiger partial charge < -0.3 is 5.32 Å². The number of anilines is 1. The molecule has 0 fully saturated rings. The van der Waals surface area contributed by atoms with Crippen LogP contribution in [-0.2, 0) is 0 Å². The number of pyridine rings is 1. The molecule has 1 amide bonds. The largest absolute Gasteiger partial charge is 0.306 e. The summed E-state index contributed by atoms with van der Waals surface area (Å²) in [4.78, 5) is 20.4. The van der Waals surface area contributed by atoms with Crippen LogP contribution in [0.4, 0.5) is 19.0 Å². The summed E-state index contributed by atoms with van der Waals surface area (Å²) in [6, 6.07) is 4.45. The second-order valence-electron chi connectivity index (χ2n) is 5.99. The minimum Gasteiger partial charge on any atom is -0.306 e. The van der Waals surface area contributed by atoms with E-state index in [2.05, 4.69) is 20.4 Å². The standard InChI is InChI=1S/C19H12F3N5OS/c1-10-12(9-27(26-10)19-23-6-7-29-19)11-2-5-15(24-8-11)25-18(28)16-13(20)3-4-14(21)17(16)22/h2-9H,1H3,(H,24,25,28). The van der Waals surface area contributed by atoms with Crippen molar-refractivity contribution in [2.75, 3.05) is 5.32 Å². The predicted molar refractivity (Wildman–Crippen MR) is 101 cm³/mol. The molecule has 1 N–H and O–H groups in total. The van der Waals surface area contributed by atoms with Gasteiger partial charge >= 0.3 is 0 Å². The van der Waals surface area contributed by atoms with E-state index in [-0.39, 0.29) is 5.82 Å². The van der Waals surface area contributed by atoms with Gasteiger partial charge in [0.2, 0.25) is 5.13 Å². The number of amides is 1. The number of rotatable bonds is 4. The minimum absolute atomic E-state index is 0.0618. The van der Waals surface area contributed by atoms with E-state index in [1.54, 1.807) is 23.1 Å². The first-order valence-corrected chi connectivity index (χ1v) is 9.19. The first-order chi connectivity index (χ1) is 13.9. The summed E-state index contributed by atoms with van der Waals surface area (Å²) in [6.07, 6.45) is 4.98. The summed E-state index contributed by atoms with van der Waals surface area (Å²) in [5, 5.41) is 9.24. The summed E-state index contributed by atoms with van der Waals surface area (Å²) in [7, 11) is 0. The van der Waals surface area contributed by atoms with Gasteiger partial charge in [0, 0.05) is 35.1 Å². The predicted octanol–water partition coefficient (Wildman–Crippen LogP) is 4.37. The maximum Gasteiger partial charge on any atom is 0.262 e. The SMILES string of the molecule is Cc1nn(-c2nccs2)cc1-c1ccc(NC(=O)c2c(F)ccc(F)c2F)nc1. The summed E-state index contributed by atoms with van der Waals surface area (Å²) in [6.45, 7) is 1.84. The Morgan fingerprint density at radius 2 is 1.90 bits per heavy atom. The van der Waals surface area contributed by atoms with E-state index in [0.717, 1.165) is 22.0 Å². The van der Waals surface area contributed by atoms with Crippen molar-refractivity contribution in [3.05, 3.63) is 76.9 Å². The lowest BCUT2D eigenvalue weighted by Gasteiger charge is -2.07. The molecular formula is C19H12F3N5OS. The van der Waals surface area contributed by atoms with E-state index >= 15 is 0 Å². The van der Waals surface area contributed by atoms with Crippen LogP contribution in [-0.4, -0.2) is 25.7 Å². The minimum atomic E-state index is -1.55. The Morgan fingerprint density at radius 1 is 1.10 bits per heavy atom. The Bertz CT molecular complexity index is 1190. The number of nitrogens with zero attached hydrogens (tertiary/aromatic N) is 4. The number of hydrogen-bond acceptors (Lipinski definition) is 5. The van der Waals surface area contributed by atoms with Crippen LogP contribution in [0.1, 0.15) is 16.1 Å². The molecule has 146 valence electrons. The summed E-state index contributed by atoms with van der Waals surface area (Å²) in [5.41, 5.74) is 1.29. The molecule has 0 bridgehead atoms. The Labute approximate surface area is 166 Å². The third-order valence-corrected chi connectivity index (χ3v) is 4.86. The van der Waals surface area contributed by atoms with Crippen molar-refractivity contribution in [3.8, 4) is 16.3 Å². The molecule has 10 heteroatoms. The summed E-state index contributed by atoms with van der Waals surface area (Å²) < 4.78 is 42.4. The Morgan fingerprint density at radius 3 is 2.59 bits per heavy atom. The highest BCUT2D eigenvalue weighted by atomic mass is 32.1. The Kier molecular flexibility index (Phi) is 4.85. The van der Waals surface area contributed by atoms with Crippen LogP contribution >= 0.6 is 11.3 Å². The van der Waals surface area contributed by atoms with Crippen molar-refractivity contribution in [3.63, 3.8) is 0 Å². The fourth-order valence-electron chi connectivity index (χ4n) is 2.71. The number of halogens is 3. The van der Waals surface area contributed by atoms with Crippen molar-refractivity contribution in [1.82, 2.24) is 19.7 Å². The van der Waals surface area contributed by atoms with Gasteiger partial charge in [-0.15, -0.1) is 11.3 Å². The third kappa shape index (κ3) is 3.61. The molecule has 0 aliphatic heterocycles. The summed E-state index contributed by atoms with van der Waals surface area (Å²) in [5.74, 6) is -5.10. The molecule has 0 aliphatic carbocycles. The molecule has 4 aromatic rings. The van der Waals surface area contributed by atoms with E-state index in [9.17, 15) is 18.0 Å². The van der Waals surface area contributed by atoms with Crippen molar-refractivity contribution in [2.45, 2.75) is 6.92 Å². The lowest BCUT2D eigenvalue weighted by Crippen LogP contribution is -2.17. The highest BCUT2D eigenvalue weighted by Gasteiger charge is 2.21. The molecule has 4 rings (SSSR count). The Balaban J connectivity index is 1.56. The smallest absolute Gasteiger partial charge is 0.262 e. The fourth-order valence-corrected chi connectivity index (χ4v) is 3.28. The highest BCUT2D eigenvalue weighted by Crippen LogP contribution is 2.25. The zero-order valence-corrected chi connectivity index (χ0v) is 15.7. The highest BCUT2D eigenvalue weighted by molar-refractivity contribution is 7.12. The molecule has 0 saturated carbocycles. The number of carbonyl (C=O) groups is 1. The maximum atomic E-state index is 13.8. The molecule has 0 unspecified atom stereocenters. The van der Waals surface area contributed by atoms with Gasteiger partial charge in [0.1, 0.15) is 17.2 Å². The van der Waals surface area contributed by atoms with Crippen LogP contribution in [0.15, 0.2) is 48.2 Å². The molecule has 3 heterocycles. The maximum absolute atomic E-state index is 13.8. The van der Waals surface area contributed by atoms with Crippen LogP contribution in [0.5, 0.6) is 0 Å². The lowest BCUT2D eigenvalue weighted by molar-refractivity contribution is 0.101. The Hall–Kier alpha value is -3.53. The second kappa shape index (κ2) is 7.47. The number of hydrogen-bond donors (Lipinski definition) is 1. The molecule has 0 saturated heterocycles. The molecule has 0 atom stereocenters. The van der Waals surface area contributed by atoms with Gasteiger partial charge in [-0.05, 0) is 31.2 Å². The average molecular weight is 415 g/mol. The topological polar surface area (TPSA) is 72.7 Å². The third-order valence-electron chi connectivity index (χ3n) is 4.10. The molecule has 0 aliphatic rings. The zero-order chi connectivity index (χ0) is 20.5. The van der Waals surface area contributed by atoms with Crippen molar-refractivity contribution < 1.29 is 18.0 Å². The van der Waals surface area contributed by atoms with Crippen LogP contribution < -0.4 is 5.32 Å². The van der Waals surface area contributed by atoms with Gasteiger partial charge in [0.15, 0.2) is 11.6 Å². The molecule has 3 aromatic heterocycles. The van der Waals surface area contributed by atoms with Crippen LogP contribution in [0, 0.1) is 24.4 Å². The van der Waals surface area contributed by atoms with Crippen LogP contribution in [0.3, 0.4) is 0 Å². The van der Waals surface area contributed by atoms with Gasteiger partial charge in [-0.2, -0.15) is 5.10 Å². The number of thiazole rings is 1. The first kappa shape index (κ1) is 18.8. The number of nitrogens with one attached hydrogen (secondary N) is 1. The summed E-state index contributed by atoms with van der Waals surface area (Å²) >= 11 is 1.44. The van der Waals surface area contributed by atoms with Gasteiger partial charge in [-0.3, -0.25) is 4.79 Å². The van der Waals surface area contributed by atoms with E-state index in [1.165, 1.54) is 23.6 Å². The van der Waals surface area contributed by atoms with E-state index < -0.39 is 28.9 Å². The monoisotopic (exact) mass is 415 g/mol. The molecule has 29 heavy (non-hydrogen) atoms. The number of carbonyl (C=O) groups excluding carboxylic acids is 1. The number of aryl methyl sites for hydroxylation is 1. The molecule has 0 spiro atoms. The first-order valence-electron chi connectivity index (χ1n) is 8.31. The quantitative estimate of drug-likeness (QED) is 0.503. The van der Waals surface area contributed by atoms with Crippen LogP contribution in [0.2, 0.25) is 0 Å². The van der Waals surface area contributed by atoms with E-state index in [1.807, 2.05) is 12.3 Å². The zero-order valence-electron chi connectivity index (χ0n) is 14.9. The van der Waals surface area contributed by atoms with E-state index in [4.69, 9.17) is 0 Å². The molecule has 1 aromatic carbocycles. The van der Waals surface area contributed by atoms with Crippen molar-refractivity contribution in [2.24, 2.45) is 0 Å². The molecule has 6 nitrogen and oxygen atoms in total. The number of benzene rings is 1. The average Bonchev–Trinajstić information content (AvgIpc) is 3.35. The van der Waals surface area contributed by atoms with E-state index in [0.29, 0.717) is 12.1 Å². The van der Waals surface area contributed by atoms with Crippen molar-refractivity contribution in [1.29, 1.82) is 0 Å². The van der Waals surface area contributed by atoms with Gasteiger partial charge in [0.25, 0.3) is 5.91 Å². The second-order valence-corrected chi connectivity index (χ2v) is 6.86. The van der Waals surface area contributed by atoms with Crippen molar-refractivity contribution >= 4 is 23.1 Å². The normalized spacial score (nSPS) is 10.9. The van der Waals surface area contributed by atoms with Crippen LogP contribution in [0.25, 0.3) is 16.3 Å².